The Morgan fingerprint density at radius 3 is 0.963 bits per heavy atom. The van der Waals surface area contributed by atoms with Crippen molar-refractivity contribution in [3.05, 3.63) is 0 Å². The van der Waals surface area contributed by atoms with Gasteiger partial charge in [0.25, 0.3) is 0 Å². The molecule has 15 heteroatoms. The molecule has 0 aliphatic rings. The predicted molar refractivity (Wildman–Crippen MR) is 72.2 cm³/mol. The first-order valence-corrected chi connectivity index (χ1v) is 6.91. The molecule has 0 aliphatic carbocycles. The van der Waals surface area contributed by atoms with Gasteiger partial charge in [-0.1, -0.05) is 0 Å². The molecule has 0 spiro atoms. The Labute approximate surface area is 162 Å². The Morgan fingerprint density at radius 1 is 0.593 bits per heavy atom. The van der Waals surface area contributed by atoms with Crippen LogP contribution in [0.5, 0.6) is 0 Å². The molecule has 0 aromatic heterocycles. The van der Waals surface area contributed by atoms with Crippen LogP contribution >= 0.6 is 0 Å². The molecule has 0 saturated heterocycles. The summed E-state index contributed by atoms with van der Waals surface area (Å²) in [6, 6.07) is 0. The van der Waals surface area contributed by atoms with Crippen LogP contribution in [-0.2, 0) is 26.7 Å². The van der Waals surface area contributed by atoms with Gasteiger partial charge in [-0.15, -0.1) is 0 Å². The zero-order chi connectivity index (χ0) is 21.2. The molecule has 0 saturated carbocycles. The van der Waals surface area contributed by atoms with Crippen molar-refractivity contribution in [2.75, 3.05) is 13.2 Å². The van der Waals surface area contributed by atoms with Crippen LogP contribution in [0.25, 0.3) is 0 Å². The van der Waals surface area contributed by atoms with E-state index in [2.05, 4.69) is 0 Å². The topological polar surface area (TPSA) is 283 Å². The summed E-state index contributed by atoms with van der Waals surface area (Å²) in [6.45, 7) is -1.73. The van der Waals surface area contributed by atoms with E-state index in [1.54, 1.807) is 0 Å². The molecule has 0 fully saturated rings. The number of aliphatic carboxylic acids is 2. The van der Waals surface area contributed by atoms with E-state index in [9.17, 15) is 19.8 Å². The molecule has 0 amide bonds. The molecule has 162 valence electrons. The van der Waals surface area contributed by atoms with Crippen LogP contribution in [0.2, 0.25) is 0 Å². The van der Waals surface area contributed by atoms with E-state index < -0.39 is 74.0 Å². The fraction of sp³-hybridized carbons (Fsp3) is 0.833. The molecular weight excluding hydrogens is 424 g/mol. The van der Waals surface area contributed by atoms with E-state index in [0.717, 1.165) is 0 Å². The minimum Gasteiger partial charge on any atom is -0.547 e. The van der Waals surface area contributed by atoms with Crippen molar-refractivity contribution >= 4 is 11.9 Å². The summed E-state index contributed by atoms with van der Waals surface area (Å²) in [6.07, 6.45) is -16.2. The van der Waals surface area contributed by atoms with Crippen LogP contribution in [0.1, 0.15) is 0 Å². The summed E-state index contributed by atoms with van der Waals surface area (Å²) in [7, 11) is 0. The van der Waals surface area contributed by atoms with Gasteiger partial charge in [-0.2, -0.15) is 0 Å². The molecule has 27 heavy (non-hydrogen) atoms. The summed E-state index contributed by atoms with van der Waals surface area (Å²) in [5.41, 5.74) is 0. The van der Waals surface area contributed by atoms with Gasteiger partial charge in [0.05, 0.1) is 25.2 Å². The van der Waals surface area contributed by atoms with Gasteiger partial charge < -0.3 is 70.9 Å². The number of carbonyl (C=O) groups excluding carboxylic acids is 2. The number of hydrogen-bond acceptors (Lipinski definition) is 14. The van der Waals surface area contributed by atoms with E-state index in [0.29, 0.717) is 0 Å². The van der Waals surface area contributed by atoms with Crippen LogP contribution in [0.15, 0.2) is 0 Å². The zero-order valence-electron chi connectivity index (χ0n) is 13.5. The number of carboxylic acids is 2. The smallest absolute Gasteiger partial charge is 0.547 e. The molecule has 0 unspecified atom stereocenters. The Balaban J connectivity index is -0.000000411. The first-order valence-electron chi connectivity index (χ1n) is 6.91. The molecular formula is C12H22FeO14. The molecule has 8 atom stereocenters. The molecule has 0 aromatic carbocycles. The number of rotatable bonds is 10. The van der Waals surface area contributed by atoms with Crippen LogP contribution in [0, 0.1) is 0 Å². The van der Waals surface area contributed by atoms with Crippen molar-refractivity contribution in [3.8, 4) is 0 Å². The number of hydrogen-bond donors (Lipinski definition) is 10. The zero-order valence-corrected chi connectivity index (χ0v) is 14.6. The van der Waals surface area contributed by atoms with Crippen molar-refractivity contribution < 1.29 is 87.9 Å². The molecule has 0 rings (SSSR count). The molecule has 0 heterocycles. The quantitative estimate of drug-likeness (QED) is 0.140. The Morgan fingerprint density at radius 2 is 0.815 bits per heavy atom. The molecule has 0 aromatic rings. The van der Waals surface area contributed by atoms with Crippen molar-refractivity contribution in [2.45, 2.75) is 48.8 Å². The first-order chi connectivity index (χ1) is 11.8. The van der Waals surface area contributed by atoms with Gasteiger partial charge in [0, 0.05) is 0 Å². The average molecular weight is 446 g/mol. The third-order valence-corrected chi connectivity index (χ3v) is 2.99. The third-order valence-electron chi connectivity index (χ3n) is 2.99. The second kappa shape index (κ2) is 15.0. The second-order valence-electron chi connectivity index (χ2n) is 4.99. The first kappa shape index (κ1) is 30.8. The van der Waals surface area contributed by atoms with E-state index >= 15 is 0 Å². The summed E-state index contributed by atoms with van der Waals surface area (Å²) in [5.74, 6) is -3.95. The maximum atomic E-state index is 9.98. The fourth-order valence-corrected chi connectivity index (χ4v) is 1.32. The maximum Gasteiger partial charge on any atom is 2.00 e. The van der Waals surface area contributed by atoms with E-state index in [-0.39, 0.29) is 17.1 Å². The number of aliphatic hydroxyl groups is 10. The third kappa shape index (κ3) is 10.8. The molecule has 10 N–H and O–H groups in total. The second-order valence-corrected chi connectivity index (χ2v) is 4.99. The minimum absolute atomic E-state index is 0. The van der Waals surface area contributed by atoms with Crippen LogP contribution in [0.4, 0.5) is 0 Å². The van der Waals surface area contributed by atoms with Gasteiger partial charge in [-0.25, -0.2) is 0 Å². The van der Waals surface area contributed by atoms with Gasteiger partial charge in [0.1, 0.15) is 48.8 Å². The SMILES string of the molecule is O=C([O-])[C@@H](O)[C@H](O)[C@@H](O)[C@@H](O)CO.O=C([O-])[C@@H](O)[C@H](O)[C@@H](O)[C@@H](O)CO.[Fe+2]. The number of carbonyl (C=O) groups is 2. The molecule has 0 bridgehead atoms. The van der Waals surface area contributed by atoms with Gasteiger partial charge in [0.15, 0.2) is 0 Å². The normalized spacial score (nSPS) is 19.6. The fourth-order valence-electron chi connectivity index (χ4n) is 1.32. The van der Waals surface area contributed by atoms with Crippen molar-refractivity contribution in [2.24, 2.45) is 0 Å². The van der Waals surface area contributed by atoms with E-state index in [4.69, 9.17) is 51.1 Å². The van der Waals surface area contributed by atoms with Crippen LogP contribution < -0.4 is 10.2 Å². The predicted octanol–water partition coefficient (Wildman–Crippen LogP) is -9.66. The van der Waals surface area contributed by atoms with Crippen LogP contribution in [0.3, 0.4) is 0 Å². The van der Waals surface area contributed by atoms with Gasteiger partial charge in [0.2, 0.25) is 0 Å². The van der Waals surface area contributed by atoms with Crippen molar-refractivity contribution in [3.63, 3.8) is 0 Å². The minimum atomic E-state index is -2.31. The Kier molecular flexibility index (Phi) is 17.1. The molecule has 0 aliphatic heterocycles. The monoisotopic (exact) mass is 446 g/mol. The van der Waals surface area contributed by atoms with Gasteiger partial charge in [-0.05, 0) is 0 Å². The molecule has 14 nitrogen and oxygen atoms in total. The largest absolute Gasteiger partial charge is 2.00 e. The van der Waals surface area contributed by atoms with Crippen molar-refractivity contribution in [1.29, 1.82) is 0 Å². The molecule has 0 radical (unpaired) electrons. The van der Waals surface area contributed by atoms with Crippen molar-refractivity contribution in [1.82, 2.24) is 0 Å². The standard InChI is InChI=1S/2C6H12O7.Fe/c2*7-1-2(8)3(9)4(10)5(11)6(12)13;/h2*2-5,7-11H,1H2,(H,12,13);/q;;+2/p-2/t2*2-,3-,4+,5-;/m00./s1. The summed E-state index contributed by atoms with van der Waals surface area (Å²) in [4.78, 5) is 20.0. The maximum absolute atomic E-state index is 9.98. The Hall–Kier alpha value is -0.941. The van der Waals surface area contributed by atoms with E-state index in [1.807, 2.05) is 0 Å². The summed E-state index contributed by atoms with van der Waals surface area (Å²) in [5, 5.41) is 107. The van der Waals surface area contributed by atoms with Crippen LogP contribution in [-0.4, -0.2) is 125 Å². The Bertz CT molecular complexity index is 385. The average Bonchev–Trinajstić information content (AvgIpc) is 2.62. The number of aliphatic hydroxyl groups excluding tert-OH is 10. The summed E-state index contributed by atoms with van der Waals surface area (Å²) < 4.78 is 0. The summed E-state index contributed by atoms with van der Waals surface area (Å²) >= 11 is 0. The van der Waals surface area contributed by atoms with E-state index in [1.165, 1.54) is 0 Å². The van der Waals surface area contributed by atoms with Gasteiger partial charge in [-0.3, -0.25) is 0 Å². The van der Waals surface area contributed by atoms with Gasteiger partial charge >= 0.3 is 17.1 Å². The number of carboxylic acid groups (broad SMARTS) is 2.